The predicted octanol–water partition coefficient (Wildman–Crippen LogP) is -1.37. The van der Waals surface area contributed by atoms with Crippen molar-refractivity contribution in [1.29, 1.82) is 0 Å². The Balaban J connectivity index is 3.52. The zero-order chi connectivity index (χ0) is 13.2. The van der Waals surface area contributed by atoms with Crippen molar-refractivity contribution >= 4 is 22.0 Å². The van der Waals surface area contributed by atoms with E-state index in [9.17, 15) is 18.0 Å². The number of aromatic nitrogens is 2. The van der Waals surface area contributed by atoms with E-state index in [1.54, 1.807) is 0 Å². The highest BCUT2D eigenvalue weighted by Gasteiger charge is 2.31. The largest absolute Gasteiger partial charge is 0.465 e. The van der Waals surface area contributed by atoms with Crippen LogP contribution in [0.5, 0.6) is 0 Å². The molecule has 0 saturated heterocycles. The lowest BCUT2D eigenvalue weighted by atomic mass is 10.2. The van der Waals surface area contributed by atoms with Gasteiger partial charge in [-0.2, -0.15) is 5.10 Å². The maximum atomic E-state index is 11.4. The van der Waals surface area contributed by atoms with Crippen LogP contribution in [0, 0.1) is 0 Å². The number of hydrogen-bond donors (Lipinski definition) is 2. The molecule has 10 heteroatoms. The first-order valence-electron chi connectivity index (χ1n) is 4.10. The first-order chi connectivity index (χ1) is 7.82. The van der Waals surface area contributed by atoms with E-state index < -0.39 is 38.2 Å². The van der Waals surface area contributed by atoms with Crippen molar-refractivity contribution in [3.63, 3.8) is 0 Å². The van der Waals surface area contributed by atoms with Gasteiger partial charge in [-0.3, -0.25) is 5.10 Å². The summed E-state index contributed by atoms with van der Waals surface area (Å²) in [6.45, 7) is 0. The third kappa shape index (κ3) is 2.42. The van der Waals surface area contributed by atoms with E-state index >= 15 is 0 Å². The lowest BCUT2D eigenvalue weighted by Gasteiger charge is -2.01. The van der Waals surface area contributed by atoms with Gasteiger partial charge in [-0.05, 0) is 0 Å². The highest BCUT2D eigenvalue weighted by Crippen LogP contribution is 2.17. The summed E-state index contributed by atoms with van der Waals surface area (Å²) in [5.74, 6) is -2.06. The van der Waals surface area contributed by atoms with Gasteiger partial charge in [0.25, 0.3) is 10.0 Å². The van der Waals surface area contributed by atoms with Crippen LogP contribution in [0.15, 0.2) is 5.03 Å². The van der Waals surface area contributed by atoms with Crippen molar-refractivity contribution in [2.75, 3.05) is 14.2 Å². The summed E-state index contributed by atoms with van der Waals surface area (Å²) in [6.07, 6.45) is 0. The van der Waals surface area contributed by atoms with Gasteiger partial charge in [-0.15, -0.1) is 0 Å². The van der Waals surface area contributed by atoms with Crippen LogP contribution in [0.4, 0.5) is 0 Å². The van der Waals surface area contributed by atoms with Gasteiger partial charge < -0.3 is 9.47 Å². The van der Waals surface area contributed by atoms with Crippen molar-refractivity contribution < 1.29 is 27.5 Å². The van der Waals surface area contributed by atoms with Crippen molar-refractivity contribution in [3.8, 4) is 0 Å². The molecule has 0 atom stereocenters. The third-order valence-corrected chi connectivity index (χ3v) is 2.65. The highest BCUT2D eigenvalue weighted by atomic mass is 32.2. The standard InChI is InChI=1S/C7H9N3O6S/c1-15-6(11)3-4(7(12)16-2)9-10-5(3)17(8,13)14/h1-2H3,(H,9,10)(H2,8,13,14). The second-order valence-electron chi connectivity index (χ2n) is 2.80. The summed E-state index contributed by atoms with van der Waals surface area (Å²) in [7, 11) is -2.17. The second kappa shape index (κ2) is 4.51. The molecule has 0 radical (unpaired) electrons. The number of aromatic amines is 1. The molecule has 0 aliphatic rings. The Hall–Kier alpha value is -1.94. The normalized spacial score (nSPS) is 11.0. The quantitative estimate of drug-likeness (QED) is 0.640. The lowest BCUT2D eigenvalue weighted by molar-refractivity contribution is 0.0549. The number of hydrogen-bond acceptors (Lipinski definition) is 7. The van der Waals surface area contributed by atoms with Crippen LogP contribution >= 0.6 is 0 Å². The molecular formula is C7H9N3O6S. The number of primary sulfonamides is 1. The van der Waals surface area contributed by atoms with E-state index in [2.05, 4.69) is 14.6 Å². The number of esters is 2. The molecule has 1 heterocycles. The Kier molecular flexibility index (Phi) is 3.48. The van der Waals surface area contributed by atoms with Gasteiger partial charge in [0.05, 0.1) is 14.2 Å². The van der Waals surface area contributed by atoms with Crippen LogP contribution in [0.1, 0.15) is 20.8 Å². The zero-order valence-corrected chi connectivity index (χ0v) is 9.70. The molecule has 94 valence electrons. The van der Waals surface area contributed by atoms with E-state index in [1.807, 2.05) is 5.10 Å². The second-order valence-corrected chi connectivity index (χ2v) is 4.30. The highest BCUT2D eigenvalue weighted by molar-refractivity contribution is 7.89. The Morgan fingerprint density at radius 2 is 1.76 bits per heavy atom. The molecule has 0 spiro atoms. The molecule has 0 unspecified atom stereocenters. The Morgan fingerprint density at radius 3 is 2.18 bits per heavy atom. The average Bonchev–Trinajstić information content (AvgIpc) is 2.70. The average molecular weight is 263 g/mol. The lowest BCUT2D eigenvalue weighted by Crippen LogP contribution is -2.18. The summed E-state index contributed by atoms with van der Waals surface area (Å²) in [6, 6.07) is 0. The van der Waals surface area contributed by atoms with Crippen LogP contribution in [0.2, 0.25) is 0 Å². The topological polar surface area (TPSA) is 141 Å². The molecule has 1 aromatic heterocycles. The van der Waals surface area contributed by atoms with Crippen molar-refractivity contribution in [2.24, 2.45) is 5.14 Å². The molecule has 17 heavy (non-hydrogen) atoms. The van der Waals surface area contributed by atoms with E-state index in [1.165, 1.54) is 0 Å². The summed E-state index contributed by atoms with van der Waals surface area (Å²) >= 11 is 0. The number of sulfonamides is 1. The number of nitrogens with one attached hydrogen (secondary N) is 1. The van der Waals surface area contributed by atoms with Crippen molar-refractivity contribution in [3.05, 3.63) is 11.3 Å². The number of H-pyrrole nitrogens is 1. The van der Waals surface area contributed by atoms with Crippen LogP contribution in [0.25, 0.3) is 0 Å². The molecule has 0 aliphatic heterocycles. The first kappa shape index (κ1) is 13.1. The van der Waals surface area contributed by atoms with Crippen molar-refractivity contribution in [1.82, 2.24) is 10.2 Å². The van der Waals surface area contributed by atoms with Gasteiger partial charge >= 0.3 is 11.9 Å². The number of nitrogens with zero attached hydrogens (tertiary/aromatic N) is 1. The molecule has 3 N–H and O–H groups in total. The maximum absolute atomic E-state index is 11.4. The van der Waals surface area contributed by atoms with Gasteiger partial charge in [0, 0.05) is 0 Å². The van der Waals surface area contributed by atoms with Crippen LogP contribution in [-0.2, 0) is 19.5 Å². The maximum Gasteiger partial charge on any atom is 0.359 e. The third-order valence-electron chi connectivity index (χ3n) is 1.79. The number of carbonyl (C=O) groups is 2. The van der Waals surface area contributed by atoms with Crippen molar-refractivity contribution in [2.45, 2.75) is 5.03 Å². The van der Waals surface area contributed by atoms with E-state index in [-0.39, 0.29) is 0 Å². The number of ether oxygens (including phenoxy) is 2. The van der Waals surface area contributed by atoms with Crippen LogP contribution < -0.4 is 5.14 Å². The zero-order valence-electron chi connectivity index (χ0n) is 8.88. The van der Waals surface area contributed by atoms with E-state index in [4.69, 9.17) is 5.14 Å². The Morgan fingerprint density at radius 1 is 1.24 bits per heavy atom. The summed E-state index contributed by atoms with van der Waals surface area (Å²) in [5.41, 5.74) is -1.09. The molecule has 1 aromatic rings. The Bertz CT molecular complexity index is 560. The van der Waals surface area contributed by atoms with Crippen LogP contribution in [0.3, 0.4) is 0 Å². The summed E-state index contributed by atoms with van der Waals surface area (Å²) in [5, 5.41) is 9.49. The number of nitrogens with two attached hydrogens (primary N) is 1. The monoisotopic (exact) mass is 263 g/mol. The SMILES string of the molecule is COC(=O)c1n[nH]c(S(N)(=O)=O)c1C(=O)OC. The number of carbonyl (C=O) groups excluding carboxylic acids is 2. The van der Waals surface area contributed by atoms with Gasteiger partial charge in [0.2, 0.25) is 0 Å². The fraction of sp³-hybridized carbons (Fsp3) is 0.286. The number of methoxy groups -OCH3 is 2. The van der Waals surface area contributed by atoms with Crippen LogP contribution in [-0.4, -0.2) is 44.8 Å². The summed E-state index contributed by atoms with van der Waals surface area (Å²) in [4.78, 5) is 22.6. The molecule has 1 rings (SSSR count). The summed E-state index contributed by atoms with van der Waals surface area (Å²) < 4.78 is 31.0. The van der Waals surface area contributed by atoms with E-state index in [0.717, 1.165) is 14.2 Å². The fourth-order valence-corrected chi connectivity index (χ4v) is 1.71. The minimum atomic E-state index is -4.24. The van der Waals surface area contributed by atoms with Gasteiger partial charge in [-0.25, -0.2) is 23.1 Å². The molecule has 0 amide bonds. The minimum absolute atomic E-state index is 0.511. The molecular weight excluding hydrogens is 254 g/mol. The predicted molar refractivity (Wildman–Crippen MR) is 52.6 cm³/mol. The minimum Gasteiger partial charge on any atom is -0.465 e. The molecule has 0 aliphatic carbocycles. The smallest absolute Gasteiger partial charge is 0.359 e. The van der Waals surface area contributed by atoms with E-state index in [0.29, 0.717) is 0 Å². The first-order valence-corrected chi connectivity index (χ1v) is 5.65. The molecule has 0 fully saturated rings. The fourth-order valence-electron chi connectivity index (χ4n) is 1.07. The molecule has 9 nitrogen and oxygen atoms in total. The molecule has 0 saturated carbocycles. The number of rotatable bonds is 3. The van der Waals surface area contributed by atoms with Gasteiger partial charge in [-0.1, -0.05) is 0 Å². The molecule has 0 aromatic carbocycles. The Labute approximate surface area is 95.9 Å². The van der Waals surface area contributed by atoms with Gasteiger partial charge in [0.15, 0.2) is 10.7 Å². The van der Waals surface area contributed by atoms with Gasteiger partial charge in [0.1, 0.15) is 5.56 Å². The molecule has 0 bridgehead atoms.